The second kappa shape index (κ2) is 4.99. The topological polar surface area (TPSA) is 34.9 Å². The second-order valence-corrected chi connectivity index (χ2v) is 4.44. The minimum atomic E-state index is 0.135. The van der Waals surface area contributed by atoms with E-state index < -0.39 is 0 Å². The first kappa shape index (κ1) is 11.0. The van der Waals surface area contributed by atoms with Crippen molar-refractivity contribution in [1.29, 1.82) is 0 Å². The van der Waals surface area contributed by atoms with Crippen molar-refractivity contribution >= 4 is 17.5 Å². The Bertz CT molecular complexity index is 479. The third kappa shape index (κ3) is 2.73. The predicted octanol–water partition coefficient (Wildman–Crippen LogP) is 2.40. The van der Waals surface area contributed by atoms with Gasteiger partial charge in [-0.05, 0) is 18.2 Å². The molecule has 0 aliphatic carbocycles. The molecule has 0 radical (unpaired) electrons. The number of nitrogens with zero attached hydrogens (tertiary/aromatic N) is 2. The van der Waals surface area contributed by atoms with Gasteiger partial charge >= 0.3 is 0 Å². The first-order valence-corrected chi connectivity index (χ1v) is 5.93. The number of aromatic nitrogens is 2. The first-order chi connectivity index (χ1) is 7.75. The van der Waals surface area contributed by atoms with Gasteiger partial charge in [-0.25, -0.2) is 4.98 Å². The van der Waals surface area contributed by atoms with Crippen molar-refractivity contribution in [3.63, 3.8) is 0 Å². The Kier molecular flexibility index (Phi) is 3.41. The van der Waals surface area contributed by atoms with E-state index in [2.05, 4.69) is 4.98 Å². The fraction of sp³-hybridized carbons (Fsp3) is 0.167. The van der Waals surface area contributed by atoms with Crippen molar-refractivity contribution in [2.45, 2.75) is 5.03 Å². The zero-order valence-electron chi connectivity index (χ0n) is 8.96. The van der Waals surface area contributed by atoms with Gasteiger partial charge in [-0.3, -0.25) is 4.79 Å². The summed E-state index contributed by atoms with van der Waals surface area (Å²) in [4.78, 5) is 15.9. The van der Waals surface area contributed by atoms with Crippen molar-refractivity contribution < 1.29 is 4.79 Å². The summed E-state index contributed by atoms with van der Waals surface area (Å²) in [6.45, 7) is 0. The molecule has 3 nitrogen and oxygen atoms in total. The molecule has 0 aromatic carbocycles. The molecule has 2 heterocycles. The maximum absolute atomic E-state index is 11.8. The highest BCUT2D eigenvalue weighted by Crippen LogP contribution is 2.16. The number of hydrogen-bond acceptors (Lipinski definition) is 3. The molecule has 0 saturated heterocycles. The van der Waals surface area contributed by atoms with Crippen molar-refractivity contribution in [1.82, 2.24) is 9.55 Å². The van der Waals surface area contributed by atoms with E-state index in [-0.39, 0.29) is 5.78 Å². The van der Waals surface area contributed by atoms with Crippen LogP contribution in [-0.4, -0.2) is 21.1 Å². The summed E-state index contributed by atoms with van der Waals surface area (Å²) >= 11 is 1.46. The van der Waals surface area contributed by atoms with E-state index in [0.29, 0.717) is 5.75 Å². The molecule has 0 aliphatic heterocycles. The van der Waals surface area contributed by atoms with Crippen molar-refractivity contribution in [2.24, 2.45) is 7.05 Å². The number of ketones is 1. The zero-order valence-corrected chi connectivity index (χ0v) is 9.78. The van der Waals surface area contributed by atoms with Gasteiger partial charge in [-0.15, -0.1) is 0 Å². The van der Waals surface area contributed by atoms with Gasteiger partial charge in [0.25, 0.3) is 0 Å². The molecular weight excluding hydrogens is 220 g/mol. The van der Waals surface area contributed by atoms with Crippen LogP contribution in [0.5, 0.6) is 0 Å². The normalized spacial score (nSPS) is 10.3. The van der Waals surface area contributed by atoms with Crippen molar-refractivity contribution in [3.05, 3.63) is 48.4 Å². The molecular formula is C12H12N2OS. The first-order valence-electron chi connectivity index (χ1n) is 4.95. The van der Waals surface area contributed by atoms with Crippen LogP contribution in [0.15, 0.2) is 47.9 Å². The number of carbonyl (C=O) groups excluding carboxylic acids is 1. The Morgan fingerprint density at radius 2 is 2.31 bits per heavy atom. The summed E-state index contributed by atoms with van der Waals surface area (Å²) in [7, 11) is 1.91. The standard InChI is InChI=1S/C12H12N2OS/c1-14-7-5-10(8-14)11(15)9-16-12-4-2-3-6-13-12/h2-8H,9H2,1H3. The number of Topliss-reactive ketones (excluding diaryl/α,β-unsaturated/α-hetero) is 1. The molecule has 0 atom stereocenters. The SMILES string of the molecule is Cn1ccc(C(=O)CSc2ccccn2)c1. The molecule has 0 aliphatic rings. The Morgan fingerprint density at radius 3 is 2.94 bits per heavy atom. The second-order valence-electron chi connectivity index (χ2n) is 3.45. The summed E-state index contributed by atoms with van der Waals surface area (Å²) in [6, 6.07) is 7.52. The van der Waals surface area contributed by atoms with E-state index in [1.54, 1.807) is 6.20 Å². The fourth-order valence-electron chi connectivity index (χ4n) is 1.32. The molecule has 0 spiro atoms. The molecule has 4 heteroatoms. The third-order valence-electron chi connectivity index (χ3n) is 2.14. The van der Waals surface area contributed by atoms with Gasteiger partial charge in [0.1, 0.15) is 0 Å². The molecule has 2 aromatic rings. The molecule has 0 bridgehead atoms. The summed E-state index contributed by atoms with van der Waals surface area (Å²) in [6.07, 6.45) is 5.44. The number of carbonyl (C=O) groups is 1. The van der Waals surface area contributed by atoms with E-state index in [4.69, 9.17) is 0 Å². The Labute approximate surface area is 98.5 Å². The van der Waals surface area contributed by atoms with Crippen LogP contribution in [0.4, 0.5) is 0 Å². The minimum Gasteiger partial charge on any atom is -0.357 e. The largest absolute Gasteiger partial charge is 0.357 e. The lowest BCUT2D eigenvalue weighted by Gasteiger charge is -1.98. The average molecular weight is 232 g/mol. The lowest BCUT2D eigenvalue weighted by molar-refractivity contribution is 0.102. The van der Waals surface area contributed by atoms with Gasteiger partial charge in [0.15, 0.2) is 5.78 Å². The number of hydrogen-bond donors (Lipinski definition) is 0. The molecule has 0 amide bonds. The van der Waals surface area contributed by atoms with Crippen LogP contribution in [0.25, 0.3) is 0 Å². The minimum absolute atomic E-state index is 0.135. The van der Waals surface area contributed by atoms with E-state index in [9.17, 15) is 4.79 Å². The van der Waals surface area contributed by atoms with Crippen LogP contribution in [0.3, 0.4) is 0 Å². The van der Waals surface area contributed by atoms with Gasteiger partial charge < -0.3 is 4.57 Å². The lowest BCUT2D eigenvalue weighted by Crippen LogP contribution is -2.01. The van der Waals surface area contributed by atoms with Crippen LogP contribution in [0.2, 0.25) is 0 Å². The van der Waals surface area contributed by atoms with Crippen LogP contribution in [-0.2, 0) is 7.05 Å². The van der Waals surface area contributed by atoms with E-state index in [1.807, 2.05) is 48.3 Å². The highest BCUT2D eigenvalue weighted by atomic mass is 32.2. The van der Waals surface area contributed by atoms with E-state index in [0.717, 1.165) is 10.6 Å². The molecule has 16 heavy (non-hydrogen) atoms. The van der Waals surface area contributed by atoms with Gasteiger partial charge in [0, 0.05) is 31.2 Å². The summed E-state index contributed by atoms with van der Waals surface area (Å²) in [5.74, 6) is 0.567. The maximum atomic E-state index is 11.8. The Balaban J connectivity index is 1.94. The van der Waals surface area contributed by atoms with E-state index >= 15 is 0 Å². The van der Waals surface area contributed by atoms with Crippen molar-refractivity contribution in [2.75, 3.05) is 5.75 Å². The van der Waals surface area contributed by atoms with Crippen LogP contribution in [0.1, 0.15) is 10.4 Å². The van der Waals surface area contributed by atoms with Crippen LogP contribution < -0.4 is 0 Å². The smallest absolute Gasteiger partial charge is 0.174 e. The molecule has 0 N–H and O–H groups in total. The number of aryl methyl sites for hydroxylation is 1. The maximum Gasteiger partial charge on any atom is 0.174 e. The Hall–Kier alpha value is -1.55. The molecule has 2 aromatic heterocycles. The molecule has 0 saturated carbocycles. The monoisotopic (exact) mass is 232 g/mol. The molecule has 2 rings (SSSR count). The lowest BCUT2D eigenvalue weighted by atomic mass is 10.2. The van der Waals surface area contributed by atoms with Gasteiger partial charge in [0.05, 0.1) is 10.8 Å². The van der Waals surface area contributed by atoms with Gasteiger partial charge in [-0.2, -0.15) is 0 Å². The highest BCUT2D eigenvalue weighted by Gasteiger charge is 2.07. The predicted molar refractivity (Wildman–Crippen MR) is 64.7 cm³/mol. The third-order valence-corrected chi connectivity index (χ3v) is 3.09. The number of pyridine rings is 1. The number of rotatable bonds is 4. The Morgan fingerprint density at radius 1 is 1.44 bits per heavy atom. The molecule has 0 unspecified atom stereocenters. The van der Waals surface area contributed by atoms with Gasteiger partial charge in [0.2, 0.25) is 0 Å². The quantitative estimate of drug-likeness (QED) is 0.599. The average Bonchev–Trinajstić information content (AvgIpc) is 2.74. The summed E-state index contributed by atoms with van der Waals surface area (Å²) in [5, 5.41) is 0.881. The van der Waals surface area contributed by atoms with Crippen LogP contribution in [0, 0.1) is 0 Å². The molecule has 82 valence electrons. The number of thioether (sulfide) groups is 1. The van der Waals surface area contributed by atoms with E-state index in [1.165, 1.54) is 11.8 Å². The zero-order chi connectivity index (χ0) is 11.4. The summed E-state index contributed by atoms with van der Waals surface area (Å²) < 4.78 is 1.87. The van der Waals surface area contributed by atoms with Crippen molar-refractivity contribution in [3.8, 4) is 0 Å². The summed E-state index contributed by atoms with van der Waals surface area (Å²) in [5.41, 5.74) is 0.755. The molecule has 0 fully saturated rings. The fourth-order valence-corrected chi connectivity index (χ4v) is 2.08. The van der Waals surface area contributed by atoms with Crippen LogP contribution >= 0.6 is 11.8 Å². The van der Waals surface area contributed by atoms with Gasteiger partial charge in [-0.1, -0.05) is 17.8 Å². The highest BCUT2D eigenvalue weighted by molar-refractivity contribution is 7.99.